The van der Waals surface area contributed by atoms with Gasteiger partial charge >= 0.3 is 0 Å². The molecule has 0 aromatic carbocycles. The summed E-state index contributed by atoms with van der Waals surface area (Å²) in [6, 6.07) is 2.27. The van der Waals surface area contributed by atoms with E-state index in [9.17, 15) is 5.26 Å². The predicted octanol–water partition coefficient (Wildman–Crippen LogP) is 2.95. The van der Waals surface area contributed by atoms with Gasteiger partial charge in [0.25, 0.3) is 0 Å². The van der Waals surface area contributed by atoms with E-state index >= 15 is 0 Å². The first-order valence-corrected chi connectivity index (χ1v) is 7.61. The third-order valence-electron chi connectivity index (χ3n) is 3.81. The van der Waals surface area contributed by atoms with Crippen molar-refractivity contribution in [2.75, 3.05) is 20.3 Å². The van der Waals surface area contributed by atoms with Crippen LogP contribution in [0.4, 0.5) is 0 Å². The van der Waals surface area contributed by atoms with Gasteiger partial charge in [-0.3, -0.25) is 0 Å². The Morgan fingerprint density at radius 3 is 2.64 bits per heavy atom. The van der Waals surface area contributed by atoms with E-state index in [4.69, 9.17) is 14.2 Å². The van der Waals surface area contributed by atoms with E-state index in [-0.39, 0.29) is 11.5 Å². The maximum atomic E-state index is 9.59. The van der Waals surface area contributed by atoms with Gasteiger partial charge in [-0.1, -0.05) is 13.8 Å². The van der Waals surface area contributed by atoms with Crippen molar-refractivity contribution >= 4 is 0 Å². The van der Waals surface area contributed by atoms with E-state index in [2.05, 4.69) is 24.9 Å². The van der Waals surface area contributed by atoms with Gasteiger partial charge in [-0.2, -0.15) is 5.26 Å². The quantitative estimate of drug-likeness (QED) is 0.783. The molecule has 0 N–H and O–H groups in total. The van der Waals surface area contributed by atoms with Crippen molar-refractivity contribution < 1.29 is 14.2 Å². The highest BCUT2D eigenvalue weighted by Crippen LogP contribution is 2.37. The van der Waals surface area contributed by atoms with Crippen molar-refractivity contribution in [1.29, 1.82) is 5.26 Å². The van der Waals surface area contributed by atoms with Crippen molar-refractivity contribution in [3.05, 3.63) is 22.4 Å². The number of pyridine rings is 1. The third-order valence-corrected chi connectivity index (χ3v) is 3.81. The van der Waals surface area contributed by atoms with Crippen LogP contribution in [0.3, 0.4) is 0 Å². The summed E-state index contributed by atoms with van der Waals surface area (Å²) in [5.41, 5.74) is 3.27. The fourth-order valence-electron chi connectivity index (χ4n) is 2.69. The maximum Gasteiger partial charge on any atom is 0.232 e. The molecule has 5 nitrogen and oxygen atoms in total. The molecule has 0 atom stereocenters. The smallest absolute Gasteiger partial charge is 0.232 e. The summed E-state index contributed by atoms with van der Waals surface area (Å²) < 4.78 is 16.6. The number of nitriles is 1. The number of rotatable bonds is 5. The molecule has 120 valence electrons. The molecule has 0 bridgehead atoms. The molecule has 0 aliphatic carbocycles. The topological polar surface area (TPSA) is 64.4 Å². The normalized spacial score (nSPS) is 16.2. The first kappa shape index (κ1) is 16.7. The SMILES string of the molecule is COCCOc1nc(C(C)C)c2c(c1C#N)CC(C)(C)OC2. The van der Waals surface area contributed by atoms with Gasteiger partial charge in [0.05, 0.1) is 24.5 Å². The standard InChI is InChI=1S/C17H24N2O3/c1-11(2)15-14-10-22-17(3,4)8-12(14)13(9-18)16(19-15)21-7-6-20-5/h11H,6-8,10H2,1-5H3. The number of fused-ring (bicyclic) bond motifs is 1. The Morgan fingerprint density at radius 1 is 1.32 bits per heavy atom. The lowest BCUT2D eigenvalue weighted by molar-refractivity contribution is -0.0409. The highest BCUT2D eigenvalue weighted by Gasteiger charge is 2.32. The van der Waals surface area contributed by atoms with Gasteiger partial charge in [0.15, 0.2) is 0 Å². The second kappa shape index (κ2) is 6.64. The molecule has 5 heteroatoms. The van der Waals surface area contributed by atoms with Crippen LogP contribution in [0.1, 0.15) is 56.0 Å². The van der Waals surface area contributed by atoms with Crippen LogP contribution in [0.25, 0.3) is 0 Å². The second-order valence-corrected chi connectivity index (χ2v) is 6.47. The van der Waals surface area contributed by atoms with Crippen LogP contribution >= 0.6 is 0 Å². The average Bonchev–Trinajstić information content (AvgIpc) is 2.45. The van der Waals surface area contributed by atoms with E-state index in [0.29, 0.717) is 37.7 Å². The highest BCUT2D eigenvalue weighted by molar-refractivity contribution is 5.52. The molecule has 1 aromatic heterocycles. The number of hydrogen-bond acceptors (Lipinski definition) is 5. The zero-order valence-corrected chi connectivity index (χ0v) is 14.0. The maximum absolute atomic E-state index is 9.59. The molecule has 0 spiro atoms. The van der Waals surface area contributed by atoms with Gasteiger partial charge in [-0.25, -0.2) is 4.98 Å². The van der Waals surface area contributed by atoms with Gasteiger partial charge in [-0.05, 0) is 25.3 Å². The fourth-order valence-corrected chi connectivity index (χ4v) is 2.69. The molecule has 0 unspecified atom stereocenters. The summed E-state index contributed by atoms with van der Waals surface area (Å²) in [6.45, 7) is 9.61. The lowest BCUT2D eigenvalue weighted by atomic mass is 9.86. The second-order valence-electron chi connectivity index (χ2n) is 6.47. The molecule has 0 radical (unpaired) electrons. The number of methoxy groups -OCH3 is 1. The zero-order chi connectivity index (χ0) is 16.3. The minimum atomic E-state index is -0.280. The number of ether oxygens (including phenoxy) is 3. The molecule has 0 saturated heterocycles. The summed E-state index contributed by atoms with van der Waals surface area (Å²) in [6.07, 6.45) is 0.689. The summed E-state index contributed by atoms with van der Waals surface area (Å²) in [5, 5.41) is 9.59. The number of nitrogens with zero attached hydrogens (tertiary/aromatic N) is 2. The van der Waals surface area contributed by atoms with E-state index in [1.807, 2.05) is 13.8 Å². The van der Waals surface area contributed by atoms with Crippen LogP contribution in [0.5, 0.6) is 5.88 Å². The van der Waals surface area contributed by atoms with Crippen LogP contribution < -0.4 is 4.74 Å². The lowest BCUT2D eigenvalue weighted by Gasteiger charge is -2.34. The van der Waals surface area contributed by atoms with Crippen LogP contribution in [-0.2, 0) is 22.5 Å². The Hall–Kier alpha value is -1.64. The summed E-state index contributed by atoms with van der Waals surface area (Å²) >= 11 is 0. The minimum Gasteiger partial charge on any atom is -0.474 e. The Bertz CT molecular complexity index is 589. The Kier molecular flexibility index (Phi) is 5.05. The first-order chi connectivity index (χ1) is 10.4. The fraction of sp³-hybridized carbons (Fsp3) is 0.647. The molecular weight excluding hydrogens is 280 g/mol. The van der Waals surface area contributed by atoms with Crippen molar-refractivity contribution in [3.63, 3.8) is 0 Å². The van der Waals surface area contributed by atoms with Gasteiger partial charge in [-0.15, -0.1) is 0 Å². The molecule has 1 aromatic rings. The first-order valence-electron chi connectivity index (χ1n) is 7.61. The number of hydrogen-bond donors (Lipinski definition) is 0. The molecule has 0 saturated carbocycles. The van der Waals surface area contributed by atoms with Crippen molar-refractivity contribution in [1.82, 2.24) is 4.98 Å². The predicted molar refractivity (Wildman–Crippen MR) is 83.0 cm³/mol. The summed E-state index contributed by atoms with van der Waals surface area (Å²) in [4.78, 5) is 4.60. The Labute approximate surface area is 132 Å². The molecule has 1 aliphatic heterocycles. The van der Waals surface area contributed by atoms with Gasteiger partial charge < -0.3 is 14.2 Å². The van der Waals surface area contributed by atoms with Gasteiger partial charge in [0.1, 0.15) is 18.2 Å². The summed E-state index contributed by atoms with van der Waals surface area (Å²) in [7, 11) is 1.62. The average molecular weight is 304 g/mol. The monoisotopic (exact) mass is 304 g/mol. The minimum absolute atomic E-state index is 0.246. The highest BCUT2D eigenvalue weighted by atomic mass is 16.5. The Balaban J connectivity index is 2.52. The number of aromatic nitrogens is 1. The molecular formula is C17H24N2O3. The van der Waals surface area contributed by atoms with Gasteiger partial charge in [0, 0.05) is 19.1 Å². The largest absolute Gasteiger partial charge is 0.474 e. The lowest BCUT2D eigenvalue weighted by Crippen LogP contribution is -2.33. The molecule has 2 heterocycles. The Morgan fingerprint density at radius 2 is 2.05 bits per heavy atom. The molecule has 0 amide bonds. The zero-order valence-electron chi connectivity index (χ0n) is 14.0. The van der Waals surface area contributed by atoms with E-state index in [0.717, 1.165) is 16.8 Å². The summed E-state index contributed by atoms with van der Waals surface area (Å²) in [5.74, 6) is 0.663. The van der Waals surface area contributed by atoms with Crippen LogP contribution in [0, 0.1) is 11.3 Å². The van der Waals surface area contributed by atoms with Crippen LogP contribution in [-0.4, -0.2) is 30.9 Å². The molecule has 2 rings (SSSR count). The molecule has 1 aliphatic rings. The van der Waals surface area contributed by atoms with Crippen molar-refractivity contribution in [2.24, 2.45) is 0 Å². The van der Waals surface area contributed by atoms with Gasteiger partial charge in [0.2, 0.25) is 5.88 Å². The van der Waals surface area contributed by atoms with E-state index < -0.39 is 0 Å². The molecule has 0 fully saturated rings. The van der Waals surface area contributed by atoms with E-state index in [1.165, 1.54) is 0 Å². The molecule has 22 heavy (non-hydrogen) atoms. The third kappa shape index (κ3) is 3.40. The van der Waals surface area contributed by atoms with E-state index in [1.54, 1.807) is 7.11 Å². The van der Waals surface area contributed by atoms with Crippen LogP contribution in [0.15, 0.2) is 0 Å². The van der Waals surface area contributed by atoms with Crippen molar-refractivity contribution in [3.8, 4) is 11.9 Å². The van der Waals surface area contributed by atoms with Crippen molar-refractivity contribution in [2.45, 2.75) is 52.2 Å². The van der Waals surface area contributed by atoms with Crippen LogP contribution in [0.2, 0.25) is 0 Å².